The summed E-state index contributed by atoms with van der Waals surface area (Å²) in [5.41, 5.74) is 6.06. The van der Waals surface area contributed by atoms with Gasteiger partial charge in [0.15, 0.2) is 0 Å². The first kappa shape index (κ1) is 15.4. The highest BCUT2D eigenvalue weighted by molar-refractivity contribution is 7.89. The highest BCUT2D eigenvalue weighted by atomic mass is 32.2. The van der Waals surface area contributed by atoms with E-state index in [1.165, 1.54) is 10.7 Å². The molecule has 0 radical (unpaired) electrons. The van der Waals surface area contributed by atoms with Gasteiger partial charge in [0.25, 0.3) is 0 Å². The molecule has 0 aliphatic heterocycles. The molecule has 0 saturated heterocycles. The van der Waals surface area contributed by atoms with Gasteiger partial charge in [-0.1, -0.05) is 49.7 Å². The molecule has 0 heterocycles. The van der Waals surface area contributed by atoms with Crippen LogP contribution in [0.3, 0.4) is 0 Å². The summed E-state index contributed by atoms with van der Waals surface area (Å²) >= 11 is 4.96. The maximum atomic E-state index is 12.8. The normalized spacial score (nSPS) is 17.3. The van der Waals surface area contributed by atoms with Crippen LogP contribution in [0.1, 0.15) is 37.7 Å². The Balaban J connectivity index is 2.37. The predicted molar refractivity (Wildman–Crippen MR) is 84.2 cm³/mol. The van der Waals surface area contributed by atoms with Gasteiger partial charge in [0.2, 0.25) is 10.0 Å². The maximum Gasteiger partial charge on any atom is 0.243 e. The van der Waals surface area contributed by atoms with Crippen LogP contribution < -0.4 is 5.73 Å². The molecule has 110 valence electrons. The second-order valence-corrected chi connectivity index (χ2v) is 7.58. The predicted octanol–water partition coefficient (Wildman–Crippen LogP) is 2.27. The van der Waals surface area contributed by atoms with Crippen LogP contribution in [0.2, 0.25) is 0 Å². The Hall–Kier alpha value is -0.980. The highest BCUT2D eigenvalue weighted by Gasteiger charge is 2.30. The molecule has 0 spiro atoms. The van der Waals surface area contributed by atoms with Crippen LogP contribution >= 0.6 is 12.2 Å². The number of hydrogen-bond acceptors (Lipinski definition) is 3. The van der Waals surface area contributed by atoms with Crippen molar-refractivity contribution in [2.45, 2.75) is 43.0 Å². The van der Waals surface area contributed by atoms with E-state index in [0.29, 0.717) is 5.56 Å². The molecular formula is C14H20N2O2S2. The Morgan fingerprint density at radius 2 is 1.85 bits per heavy atom. The van der Waals surface area contributed by atoms with E-state index in [-0.39, 0.29) is 15.9 Å². The van der Waals surface area contributed by atoms with Crippen LogP contribution in [-0.4, -0.2) is 30.8 Å². The lowest BCUT2D eigenvalue weighted by Gasteiger charge is -2.30. The van der Waals surface area contributed by atoms with Gasteiger partial charge in [0, 0.05) is 18.7 Å². The van der Waals surface area contributed by atoms with Crippen LogP contribution in [-0.2, 0) is 10.0 Å². The Kier molecular flexibility index (Phi) is 4.78. The summed E-state index contributed by atoms with van der Waals surface area (Å²) in [6.07, 6.45) is 5.20. The molecule has 1 aliphatic carbocycles. The lowest BCUT2D eigenvalue weighted by atomic mass is 9.96. The van der Waals surface area contributed by atoms with Gasteiger partial charge in [0.1, 0.15) is 4.99 Å². The molecule has 1 aromatic rings. The molecule has 1 fully saturated rings. The highest BCUT2D eigenvalue weighted by Crippen LogP contribution is 2.27. The number of nitrogens with zero attached hydrogens (tertiary/aromatic N) is 1. The average molecular weight is 312 g/mol. The molecule has 20 heavy (non-hydrogen) atoms. The molecule has 0 bridgehead atoms. The Bertz CT molecular complexity index is 593. The van der Waals surface area contributed by atoms with Gasteiger partial charge in [-0.15, -0.1) is 0 Å². The summed E-state index contributed by atoms with van der Waals surface area (Å²) in [5.74, 6) is 0. The zero-order valence-electron chi connectivity index (χ0n) is 11.6. The van der Waals surface area contributed by atoms with E-state index >= 15 is 0 Å². The third-order valence-electron chi connectivity index (χ3n) is 3.90. The molecule has 2 N–H and O–H groups in total. The molecule has 1 saturated carbocycles. The number of rotatable bonds is 4. The molecule has 0 aromatic heterocycles. The summed E-state index contributed by atoms with van der Waals surface area (Å²) in [6, 6.07) is 6.75. The smallest absolute Gasteiger partial charge is 0.243 e. The van der Waals surface area contributed by atoms with Gasteiger partial charge in [-0.25, -0.2) is 8.42 Å². The van der Waals surface area contributed by atoms with E-state index in [9.17, 15) is 8.42 Å². The van der Waals surface area contributed by atoms with Crippen molar-refractivity contribution < 1.29 is 8.42 Å². The van der Waals surface area contributed by atoms with Gasteiger partial charge in [0.05, 0.1) is 4.90 Å². The fraction of sp³-hybridized carbons (Fsp3) is 0.500. The first-order valence-electron chi connectivity index (χ1n) is 6.81. The molecule has 1 aliphatic rings. The molecule has 0 unspecified atom stereocenters. The van der Waals surface area contributed by atoms with Gasteiger partial charge < -0.3 is 5.73 Å². The molecule has 0 amide bonds. The quantitative estimate of drug-likeness (QED) is 0.866. The van der Waals surface area contributed by atoms with E-state index in [4.69, 9.17) is 18.0 Å². The standard InChI is InChI=1S/C14H20N2O2S2/c1-16(11-7-3-2-4-8-11)20(17,18)13-10-6-5-9-12(13)14(15)19/h5-6,9-11H,2-4,7-8H2,1H3,(H2,15,19). The minimum atomic E-state index is -3.55. The number of benzene rings is 1. The van der Waals surface area contributed by atoms with Gasteiger partial charge >= 0.3 is 0 Å². The van der Waals surface area contributed by atoms with Crippen molar-refractivity contribution in [3.8, 4) is 0 Å². The van der Waals surface area contributed by atoms with Crippen LogP contribution in [0.4, 0.5) is 0 Å². The second-order valence-electron chi connectivity index (χ2n) is 5.17. The zero-order valence-corrected chi connectivity index (χ0v) is 13.2. The molecule has 2 rings (SSSR count). The number of sulfonamides is 1. The number of nitrogens with two attached hydrogens (primary N) is 1. The molecule has 0 atom stereocenters. The van der Waals surface area contributed by atoms with Crippen LogP contribution in [0, 0.1) is 0 Å². The van der Waals surface area contributed by atoms with Crippen molar-refractivity contribution in [2.75, 3.05) is 7.05 Å². The van der Waals surface area contributed by atoms with Crippen molar-refractivity contribution in [2.24, 2.45) is 5.73 Å². The summed E-state index contributed by atoms with van der Waals surface area (Å²) in [5, 5.41) is 0. The van der Waals surface area contributed by atoms with Crippen molar-refractivity contribution in [1.29, 1.82) is 0 Å². The maximum absolute atomic E-state index is 12.8. The summed E-state index contributed by atoms with van der Waals surface area (Å²) in [7, 11) is -1.89. The average Bonchev–Trinajstić information content (AvgIpc) is 2.47. The molecule has 1 aromatic carbocycles. The fourth-order valence-corrected chi connectivity index (χ4v) is 4.55. The van der Waals surface area contributed by atoms with Crippen LogP contribution in [0.25, 0.3) is 0 Å². The van der Waals surface area contributed by atoms with Crippen LogP contribution in [0.5, 0.6) is 0 Å². The Morgan fingerprint density at radius 1 is 1.25 bits per heavy atom. The first-order chi connectivity index (χ1) is 9.44. The first-order valence-corrected chi connectivity index (χ1v) is 8.66. The molecule has 4 nitrogen and oxygen atoms in total. The van der Waals surface area contributed by atoms with Crippen molar-refractivity contribution in [3.05, 3.63) is 29.8 Å². The van der Waals surface area contributed by atoms with Crippen molar-refractivity contribution in [1.82, 2.24) is 4.31 Å². The summed E-state index contributed by atoms with van der Waals surface area (Å²) in [4.78, 5) is 0.321. The molecule has 6 heteroatoms. The summed E-state index contributed by atoms with van der Waals surface area (Å²) in [6.45, 7) is 0. The number of hydrogen-bond donors (Lipinski definition) is 1. The Morgan fingerprint density at radius 3 is 2.45 bits per heavy atom. The fourth-order valence-electron chi connectivity index (χ4n) is 2.69. The van der Waals surface area contributed by atoms with Crippen molar-refractivity contribution in [3.63, 3.8) is 0 Å². The van der Waals surface area contributed by atoms with E-state index in [1.54, 1.807) is 31.3 Å². The van der Waals surface area contributed by atoms with Gasteiger partial charge in [-0.05, 0) is 18.9 Å². The van der Waals surface area contributed by atoms with Crippen molar-refractivity contribution >= 4 is 27.2 Å². The minimum absolute atomic E-state index is 0.0770. The lowest BCUT2D eigenvalue weighted by molar-refractivity contribution is 0.286. The topological polar surface area (TPSA) is 63.4 Å². The minimum Gasteiger partial charge on any atom is -0.389 e. The van der Waals surface area contributed by atoms with Crippen LogP contribution in [0.15, 0.2) is 29.2 Å². The SMILES string of the molecule is CN(C1CCCCC1)S(=O)(=O)c1ccccc1C(N)=S. The van der Waals surface area contributed by atoms with E-state index < -0.39 is 10.0 Å². The lowest BCUT2D eigenvalue weighted by Crippen LogP contribution is -2.39. The monoisotopic (exact) mass is 312 g/mol. The van der Waals surface area contributed by atoms with E-state index in [1.807, 2.05) is 0 Å². The van der Waals surface area contributed by atoms with Gasteiger partial charge in [-0.2, -0.15) is 4.31 Å². The summed E-state index contributed by atoms with van der Waals surface area (Å²) < 4.78 is 27.0. The Labute approximate surface area is 126 Å². The van der Waals surface area contributed by atoms with E-state index in [2.05, 4.69) is 0 Å². The van der Waals surface area contributed by atoms with E-state index in [0.717, 1.165) is 25.7 Å². The number of thiocarbonyl (C=S) groups is 1. The third-order valence-corrected chi connectivity index (χ3v) is 6.09. The molecular weight excluding hydrogens is 292 g/mol. The van der Waals surface area contributed by atoms with Gasteiger partial charge in [-0.3, -0.25) is 0 Å². The second kappa shape index (κ2) is 6.20. The third kappa shape index (κ3) is 3.02. The largest absolute Gasteiger partial charge is 0.389 e. The zero-order chi connectivity index (χ0) is 14.8.